The molecule has 15 heavy (non-hydrogen) atoms. The van der Waals surface area contributed by atoms with Gasteiger partial charge >= 0.3 is 0 Å². The lowest BCUT2D eigenvalue weighted by Crippen LogP contribution is -2.28. The summed E-state index contributed by atoms with van der Waals surface area (Å²) in [4.78, 5) is 0. The van der Waals surface area contributed by atoms with E-state index in [0.29, 0.717) is 6.04 Å². The quantitative estimate of drug-likeness (QED) is 0.854. The molecule has 1 N–H and O–H groups in total. The predicted molar refractivity (Wildman–Crippen MR) is 64.7 cm³/mol. The van der Waals surface area contributed by atoms with Gasteiger partial charge in [0.2, 0.25) is 0 Å². The number of hydrogen-bond acceptors (Lipinski definition) is 2. The largest absolute Gasteiger partial charge is 0.453 e. The van der Waals surface area contributed by atoms with Gasteiger partial charge in [0.05, 0.1) is 6.54 Å². The number of furan rings is 1. The molecule has 1 atom stereocenters. The summed E-state index contributed by atoms with van der Waals surface area (Å²) in [6, 6.07) is 4.61. The van der Waals surface area contributed by atoms with E-state index in [1.807, 2.05) is 12.1 Å². The molecule has 1 aromatic heterocycles. The van der Waals surface area contributed by atoms with E-state index in [-0.39, 0.29) is 0 Å². The highest BCUT2D eigenvalue weighted by Gasteiger charge is 2.24. The number of nitrogens with one attached hydrogen (secondary N) is 1. The normalized spacial score (nSPS) is 18.0. The fourth-order valence-electron chi connectivity index (χ4n) is 1.84. The Kier molecular flexibility index (Phi) is 3.87. The first-order valence-corrected chi connectivity index (χ1v) is 6.55. The van der Waals surface area contributed by atoms with Gasteiger partial charge in [-0.2, -0.15) is 0 Å². The van der Waals surface area contributed by atoms with Gasteiger partial charge in [0.1, 0.15) is 5.76 Å². The Labute approximate surface area is 99.6 Å². The fraction of sp³-hybridized carbons (Fsp3) is 0.667. The van der Waals surface area contributed by atoms with Crippen molar-refractivity contribution in [2.45, 2.75) is 45.2 Å². The second-order valence-corrected chi connectivity index (χ2v) is 5.15. The molecule has 1 fully saturated rings. The lowest BCUT2D eigenvalue weighted by atomic mass is 10.1. The van der Waals surface area contributed by atoms with E-state index in [1.54, 1.807) is 0 Å². The summed E-state index contributed by atoms with van der Waals surface area (Å²) in [5, 5.41) is 3.56. The summed E-state index contributed by atoms with van der Waals surface area (Å²) in [7, 11) is 0. The van der Waals surface area contributed by atoms with Crippen LogP contribution < -0.4 is 5.32 Å². The zero-order valence-electron chi connectivity index (χ0n) is 9.13. The standard InChI is InChI=1S/C12H18BrNO/c1-2-10(7-9-3-4-9)14-8-11-5-6-12(13)15-11/h5-6,9-10,14H,2-4,7-8H2,1H3. The average molecular weight is 272 g/mol. The monoisotopic (exact) mass is 271 g/mol. The van der Waals surface area contributed by atoms with E-state index < -0.39 is 0 Å². The van der Waals surface area contributed by atoms with Crippen LogP contribution in [0.2, 0.25) is 0 Å². The van der Waals surface area contributed by atoms with Crippen molar-refractivity contribution in [1.29, 1.82) is 0 Å². The smallest absolute Gasteiger partial charge is 0.169 e. The van der Waals surface area contributed by atoms with Crippen LogP contribution in [0.15, 0.2) is 21.2 Å². The van der Waals surface area contributed by atoms with Gasteiger partial charge in [0, 0.05) is 6.04 Å². The van der Waals surface area contributed by atoms with Crippen LogP contribution in [-0.4, -0.2) is 6.04 Å². The first kappa shape index (κ1) is 11.2. The van der Waals surface area contributed by atoms with E-state index >= 15 is 0 Å². The molecule has 0 spiro atoms. The van der Waals surface area contributed by atoms with Crippen molar-refractivity contribution in [2.24, 2.45) is 5.92 Å². The highest BCUT2D eigenvalue weighted by Crippen LogP contribution is 2.34. The molecular weight excluding hydrogens is 254 g/mol. The Morgan fingerprint density at radius 1 is 1.53 bits per heavy atom. The molecule has 1 aliphatic carbocycles. The number of hydrogen-bond donors (Lipinski definition) is 1. The predicted octanol–water partition coefficient (Wildman–Crippen LogP) is 3.71. The van der Waals surface area contributed by atoms with E-state index in [9.17, 15) is 0 Å². The summed E-state index contributed by atoms with van der Waals surface area (Å²) in [5.74, 6) is 2.00. The molecular formula is C12H18BrNO. The maximum absolute atomic E-state index is 5.45. The molecule has 84 valence electrons. The van der Waals surface area contributed by atoms with E-state index in [0.717, 1.165) is 22.9 Å². The molecule has 2 nitrogen and oxygen atoms in total. The summed E-state index contributed by atoms with van der Waals surface area (Å²) >= 11 is 3.31. The van der Waals surface area contributed by atoms with Gasteiger partial charge in [0.15, 0.2) is 4.67 Å². The third kappa shape index (κ3) is 3.65. The maximum Gasteiger partial charge on any atom is 0.169 e. The van der Waals surface area contributed by atoms with Crippen molar-refractivity contribution in [2.75, 3.05) is 0 Å². The average Bonchev–Trinajstić information content (AvgIpc) is 2.95. The van der Waals surface area contributed by atoms with Gasteiger partial charge in [-0.05, 0) is 46.8 Å². The molecule has 1 aromatic rings. The Bertz CT molecular complexity index is 306. The zero-order valence-corrected chi connectivity index (χ0v) is 10.7. The molecule has 1 unspecified atom stereocenters. The second-order valence-electron chi connectivity index (χ2n) is 4.37. The molecule has 2 rings (SSSR count). The molecule has 0 amide bonds. The number of rotatable bonds is 6. The highest BCUT2D eigenvalue weighted by atomic mass is 79.9. The maximum atomic E-state index is 5.45. The van der Waals surface area contributed by atoms with Crippen LogP contribution in [0.1, 0.15) is 38.4 Å². The van der Waals surface area contributed by atoms with Crippen LogP contribution in [-0.2, 0) is 6.54 Å². The lowest BCUT2D eigenvalue weighted by molar-refractivity contribution is 0.403. The second kappa shape index (κ2) is 5.17. The molecule has 0 radical (unpaired) electrons. The third-order valence-corrected chi connectivity index (χ3v) is 3.43. The molecule has 0 aliphatic heterocycles. The Morgan fingerprint density at radius 3 is 2.87 bits per heavy atom. The minimum Gasteiger partial charge on any atom is -0.453 e. The molecule has 1 aliphatic rings. The van der Waals surface area contributed by atoms with Gasteiger partial charge < -0.3 is 9.73 Å². The summed E-state index contributed by atoms with van der Waals surface area (Å²) in [6.07, 6.45) is 5.41. The van der Waals surface area contributed by atoms with Crippen molar-refractivity contribution < 1.29 is 4.42 Å². The van der Waals surface area contributed by atoms with E-state index in [1.165, 1.54) is 25.7 Å². The SMILES string of the molecule is CCC(CC1CC1)NCc1ccc(Br)o1. The minimum absolute atomic E-state index is 0.654. The van der Waals surface area contributed by atoms with Gasteiger partial charge in [-0.15, -0.1) is 0 Å². The summed E-state index contributed by atoms with van der Waals surface area (Å²) < 4.78 is 6.27. The van der Waals surface area contributed by atoms with Crippen LogP contribution in [0, 0.1) is 5.92 Å². The van der Waals surface area contributed by atoms with Gasteiger partial charge in [0.25, 0.3) is 0 Å². The van der Waals surface area contributed by atoms with Gasteiger partial charge in [-0.3, -0.25) is 0 Å². The molecule has 0 aromatic carbocycles. The van der Waals surface area contributed by atoms with Gasteiger partial charge in [-0.1, -0.05) is 19.8 Å². The minimum atomic E-state index is 0.654. The highest BCUT2D eigenvalue weighted by molar-refractivity contribution is 9.10. The lowest BCUT2D eigenvalue weighted by Gasteiger charge is -2.15. The fourth-order valence-corrected chi connectivity index (χ4v) is 2.18. The van der Waals surface area contributed by atoms with Crippen LogP contribution in [0.4, 0.5) is 0 Å². The Hall–Kier alpha value is -0.280. The topological polar surface area (TPSA) is 25.2 Å². The first-order chi connectivity index (χ1) is 7.28. The number of halogens is 1. The van der Waals surface area contributed by atoms with Crippen molar-refractivity contribution in [3.8, 4) is 0 Å². The van der Waals surface area contributed by atoms with Crippen molar-refractivity contribution >= 4 is 15.9 Å². The van der Waals surface area contributed by atoms with E-state index in [2.05, 4.69) is 28.2 Å². The summed E-state index contributed by atoms with van der Waals surface area (Å²) in [6.45, 7) is 3.09. The molecule has 1 saturated carbocycles. The van der Waals surface area contributed by atoms with E-state index in [4.69, 9.17) is 4.42 Å². The molecule has 0 bridgehead atoms. The zero-order chi connectivity index (χ0) is 10.7. The Balaban J connectivity index is 1.74. The van der Waals surface area contributed by atoms with Crippen molar-refractivity contribution in [3.05, 3.63) is 22.6 Å². The van der Waals surface area contributed by atoms with Crippen LogP contribution >= 0.6 is 15.9 Å². The molecule has 0 saturated heterocycles. The van der Waals surface area contributed by atoms with Gasteiger partial charge in [-0.25, -0.2) is 0 Å². The van der Waals surface area contributed by atoms with Crippen LogP contribution in [0.5, 0.6) is 0 Å². The summed E-state index contributed by atoms with van der Waals surface area (Å²) in [5.41, 5.74) is 0. The third-order valence-electron chi connectivity index (χ3n) is 3.00. The first-order valence-electron chi connectivity index (χ1n) is 5.75. The van der Waals surface area contributed by atoms with Crippen molar-refractivity contribution in [1.82, 2.24) is 5.32 Å². The van der Waals surface area contributed by atoms with Crippen molar-refractivity contribution in [3.63, 3.8) is 0 Å². The van der Waals surface area contributed by atoms with Crippen LogP contribution in [0.3, 0.4) is 0 Å². The van der Waals surface area contributed by atoms with Crippen LogP contribution in [0.25, 0.3) is 0 Å². The molecule has 3 heteroatoms. The Morgan fingerprint density at radius 2 is 2.33 bits per heavy atom. The molecule has 1 heterocycles.